The Balaban J connectivity index is 2.90. The number of likely N-dealkylation sites (N-methyl/N-ethyl adjacent to an activating group) is 2. The van der Waals surface area contributed by atoms with Crippen molar-refractivity contribution in [3.8, 4) is 0 Å². The molecule has 0 unspecified atom stereocenters. The summed E-state index contributed by atoms with van der Waals surface area (Å²) < 4.78 is 5.59. The van der Waals surface area contributed by atoms with Crippen LogP contribution < -0.4 is 5.32 Å². The summed E-state index contributed by atoms with van der Waals surface area (Å²) in [7, 11) is 4.80. The zero-order valence-corrected chi connectivity index (χ0v) is 26.9. The van der Waals surface area contributed by atoms with Gasteiger partial charge in [-0.2, -0.15) is 0 Å². The number of methoxy groups -OCH3 is 1. The Labute approximate surface area is 251 Å². The average Bonchev–Trinajstić information content (AvgIpc) is 3.26. The SMILES string of the molecule is CC[C@H](C)[C@@H]([C@@H](CC=O)OC)N(C)C(=O)[C@@H](NC(=O)[C@H](C(C)C)N(C)C(=O)CCCCCN1C(=O)C=CC1=O)C(C)C. The molecule has 1 aliphatic rings. The molecule has 42 heavy (non-hydrogen) atoms. The molecule has 0 bridgehead atoms. The van der Waals surface area contributed by atoms with Gasteiger partial charge in [0.15, 0.2) is 0 Å². The summed E-state index contributed by atoms with van der Waals surface area (Å²) in [5.41, 5.74) is 0. The van der Waals surface area contributed by atoms with E-state index < -0.39 is 24.1 Å². The van der Waals surface area contributed by atoms with Gasteiger partial charge in [0.25, 0.3) is 11.8 Å². The van der Waals surface area contributed by atoms with Gasteiger partial charge in [-0.25, -0.2) is 0 Å². The van der Waals surface area contributed by atoms with Crippen LogP contribution in [-0.4, -0.2) is 103 Å². The molecule has 5 atom stereocenters. The van der Waals surface area contributed by atoms with Crippen LogP contribution in [0.4, 0.5) is 0 Å². The molecule has 0 saturated carbocycles. The van der Waals surface area contributed by atoms with Gasteiger partial charge < -0.3 is 24.6 Å². The van der Waals surface area contributed by atoms with Gasteiger partial charge in [-0.05, 0) is 30.6 Å². The van der Waals surface area contributed by atoms with Crippen LogP contribution in [0.1, 0.15) is 80.1 Å². The molecule has 0 aromatic rings. The van der Waals surface area contributed by atoms with Crippen LogP contribution in [0.15, 0.2) is 12.2 Å². The summed E-state index contributed by atoms with van der Waals surface area (Å²) >= 11 is 0. The van der Waals surface area contributed by atoms with Gasteiger partial charge >= 0.3 is 0 Å². The van der Waals surface area contributed by atoms with E-state index in [0.717, 1.165) is 12.7 Å². The largest absolute Gasteiger partial charge is 0.379 e. The lowest BCUT2D eigenvalue weighted by Gasteiger charge is -2.40. The number of nitrogens with zero attached hydrogens (tertiary/aromatic N) is 3. The van der Waals surface area contributed by atoms with Gasteiger partial charge in [0.1, 0.15) is 18.4 Å². The van der Waals surface area contributed by atoms with Crippen LogP contribution in [0.25, 0.3) is 0 Å². The second kappa shape index (κ2) is 17.8. The Kier molecular flexibility index (Phi) is 15.6. The quantitative estimate of drug-likeness (QED) is 0.138. The maximum atomic E-state index is 13.8. The molecule has 0 aromatic heterocycles. The van der Waals surface area contributed by atoms with E-state index in [2.05, 4.69) is 5.32 Å². The number of aldehydes is 1. The third-order valence-electron chi connectivity index (χ3n) is 8.15. The highest BCUT2D eigenvalue weighted by Crippen LogP contribution is 2.23. The molecular weight excluding hydrogens is 540 g/mol. The molecule has 1 rings (SSSR count). The van der Waals surface area contributed by atoms with E-state index in [9.17, 15) is 28.8 Å². The summed E-state index contributed by atoms with van der Waals surface area (Å²) in [4.78, 5) is 79.3. The summed E-state index contributed by atoms with van der Waals surface area (Å²) in [5.74, 6) is -1.91. The number of carbonyl (C=O) groups is 6. The van der Waals surface area contributed by atoms with E-state index in [1.165, 1.54) is 29.1 Å². The Morgan fingerprint density at radius 3 is 2.02 bits per heavy atom. The van der Waals surface area contributed by atoms with E-state index in [0.29, 0.717) is 25.8 Å². The van der Waals surface area contributed by atoms with E-state index >= 15 is 0 Å². The molecule has 1 aliphatic heterocycles. The minimum atomic E-state index is -0.835. The highest BCUT2D eigenvalue weighted by Gasteiger charge is 2.38. The second-order valence-corrected chi connectivity index (χ2v) is 11.9. The molecule has 11 nitrogen and oxygen atoms in total. The van der Waals surface area contributed by atoms with Crippen LogP contribution >= 0.6 is 0 Å². The van der Waals surface area contributed by atoms with Crippen LogP contribution in [0.3, 0.4) is 0 Å². The number of ether oxygens (including phenoxy) is 1. The highest BCUT2D eigenvalue weighted by molar-refractivity contribution is 6.12. The van der Waals surface area contributed by atoms with Gasteiger partial charge in [0.2, 0.25) is 17.7 Å². The molecule has 0 aromatic carbocycles. The second-order valence-electron chi connectivity index (χ2n) is 11.9. The van der Waals surface area contributed by atoms with Crippen molar-refractivity contribution in [2.75, 3.05) is 27.7 Å². The average molecular weight is 593 g/mol. The molecule has 1 heterocycles. The smallest absolute Gasteiger partial charge is 0.253 e. The van der Waals surface area contributed by atoms with E-state index in [4.69, 9.17) is 4.74 Å². The molecule has 0 saturated heterocycles. The van der Waals surface area contributed by atoms with Crippen molar-refractivity contribution in [3.05, 3.63) is 12.2 Å². The standard InChI is InChI=1S/C31H52N4O7/c1-10-22(6)29(23(42-9)17-19-36)34(8)31(41)27(20(2)3)32-30(40)28(21(4)5)33(7)24(37)14-12-11-13-18-35-25(38)15-16-26(35)39/h15-16,19-23,27-29H,10-14,17-18H2,1-9H3,(H,32,40)/t22-,23+,27-,28-,29-/m0/s1. The molecule has 11 heteroatoms. The first-order valence-corrected chi connectivity index (χ1v) is 15.1. The predicted octanol–water partition coefficient (Wildman–Crippen LogP) is 2.57. The van der Waals surface area contributed by atoms with Crippen molar-refractivity contribution in [2.45, 2.75) is 104 Å². The molecule has 0 spiro atoms. The van der Waals surface area contributed by atoms with Crippen molar-refractivity contribution in [3.63, 3.8) is 0 Å². The molecular formula is C31H52N4O7. The third kappa shape index (κ3) is 10.0. The van der Waals surface area contributed by atoms with Gasteiger partial charge in [0, 0.05) is 52.7 Å². The fourth-order valence-electron chi connectivity index (χ4n) is 5.46. The number of hydrogen-bond donors (Lipinski definition) is 1. The number of carbonyl (C=O) groups excluding carboxylic acids is 6. The molecule has 5 amide bonds. The van der Waals surface area contributed by atoms with Crippen LogP contribution in [0.5, 0.6) is 0 Å². The van der Waals surface area contributed by atoms with E-state index in [-0.39, 0.29) is 60.3 Å². The van der Waals surface area contributed by atoms with Crippen LogP contribution in [0, 0.1) is 17.8 Å². The molecule has 0 radical (unpaired) electrons. The number of amides is 5. The number of nitrogens with one attached hydrogen (secondary N) is 1. The van der Waals surface area contributed by atoms with Crippen molar-refractivity contribution >= 4 is 35.8 Å². The van der Waals surface area contributed by atoms with Crippen molar-refractivity contribution in [1.82, 2.24) is 20.0 Å². The summed E-state index contributed by atoms with van der Waals surface area (Å²) in [6, 6.07) is -1.98. The minimum absolute atomic E-state index is 0.0486. The Morgan fingerprint density at radius 1 is 0.952 bits per heavy atom. The van der Waals surface area contributed by atoms with Crippen molar-refractivity contribution in [1.29, 1.82) is 0 Å². The molecule has 238 valence electrons. The first-order chi connectivity index (χ1) is 19.7. The number of imide groups is 1. The fourth-order valence-corrected chi connectivity index (χ4v) is 5.46. The van der Waals surface area contributed by atoms with Gasteiger partial charge in [-0.1, -0.05) is 54.4 Å². The summed E-state index contributed by atoms with van der Waals surface area (Å²) in [6.07, 6.45) is 5.74. The summed E-state index contributed by atoms with van der Waals surface area (Å²) in [6.45, 7) is 11.7. The number of hydrogen-bond acceptors (Lipinski definition) is 7. The van der Waals surface area contributed by atoms with Crippen molar-refractivity contribution in [2.24, 2.45) is 17.8 Å². The highest BCUT2D eigenvalue weighted by atomic mass is 16.5. The van der Waals surface area contributed by atoms with E-state index in [1.807, 2.05) is 41.5 Å². The van der Waals surface area contributed by atoms with Crippen LogP contribution in [-0.2, 0) is 33.5 Å². The number of rotatable bonds is 19. The first-order valence-electron chi connectivity index (χ1n) is 15.1. The van der Waals surface area contributed by atoms with E-state index in [1.54, 1.807) is 19.0 Å². The Hall–Kier alpha value is -3.08. The normalized spacial score (nSPS) is 16.8. The molecule has 0 fully saturated rings. The van der Waals surface area contributed by atoms with Gasteiger partial charge in [-0.3, -0.25) is 28.9 Å². The fraction of sp³-hybridized carbons (Fsp3) is 0.742. The zero-order valence-electron chi connectivity index (χ0n) is 26.9. The van der Waals surface area contributed by atoms with Crippen LogP contribution in [0.2, 0.25) is 0 Å². The summed E-state index contributed by atoms with van der Waals surface area (Å²) in [5, 5.41) is 2.92. The zero-order chi connectivity index (χ0) is 32.1. The molecule has 0 aliphatic carbocycles. The number of unbranched alkanes of at least 4 members (excludes halogenated alkanes) is 2. The maximum Gasteiger partial charge on any atom is 0.253 e. The molecule has 1 N–H and O–H groups in total. The lowest BCUT2D eigenvalue weighted by molar-refractivity contribution is -0.146. The lowest BCUT2D eigenvalue weighted by Crippen LogP contribution is -2.60. The van der Waals surface area contributed by atoms with Crippen molar-refractivity contribution < 1.29 is 33.5 Å². The first kappa shape index (κ1) is 36.9. The topological polar surface area (TPSA) is 133 Å². The lowest BCUT2D eigenvalue weighted by atomic mass is 9.90. The Morgan fingerprint density at radius 2 is 1.55 bits per heavy atom. The Bertz CT molecular complexity index is 962. The van der Waals surface area contributed by atoms with Gasteiger partial charge in [-0.15, -0.1) is 0 Å². The monoisotopic (exact) mass is 592 g/mol. The predicted molar refractivity (Wildman–Crippen MR) is 160 cm³/mol. The maximum absolute atomic E-state index is 13.8. The third-order valence-corrected chi connectivity index (χ3v) is 8.15. The minimum Gasteiger partial charge on any atom is -0.379 e. The van der Waals surface area contributed by atoms with Gasteiger partial charge in [0.05, 0.1) is 12.1 Å².